The number of fused-ring (bicyclic) bond motifs is 4. The van der Waals surface area contributed by atoms with Gasteiger partial charge in [0.25, 0.3) is 0 Å². The lowest BCUT2D eigenvalue weighted by Gasteiger charge is -2.63. The van der Waals surface area contributed by atoms with Crippen molar-refractivity contribution in [1.82, 2.24) is 0 Å². The van der Waals surface area contributed by atoms with E-state index in [0.717, 1.165) is 24.4 Å². The Morgan fingerprint density at radius 3 is 2.54 bits per heavy atom. The minimum atomic E-state index is 0.309. The molecule has 3 rings (SSSR count). The molecule has 1 nitrogen and oxygen atoms in total. The molecular weight excluding hydrogens is 160 g/mol. The zero-order valence-corrected chi connectivity index (χ0v) is 8.59. The van der Waals surface area contributed by atoms with Crippen LogP contribution in [0, 0.1) is 17.8 Å². The van der Waals surface area contributed by atoms with Crippen molar-refractivity contribution in [3.8, 4) is 0 Å². The summed E-state index contributed by atoms with van der Waals surface area (Å²) in [5.74, 6) is 2.89. The van der Waals surface area contributed by atoms with Gasteiger partial charge in [0.05, 0.1) is 5.60 Å². The zero-order chi connectivity index (χ0) is 8.89. The van der Waals surface area contributed by atoms with Gasteiger partial charge in [0.2, 0.25) is 0 Å². The van der Waals surface area contributed by atoms with Crippen LogP contribution in [0.15, 0.2) is 0 Å². The molecule has 3 aliphatic rings. The molecule has 0 aromatic rings. The van der Waals surface area contributed by atoms with Crippen LogP contribution in [-0.4, -0.2) is 12.2 Å². The third-order valence-electron chi connectivity index (χ3n) is 4.88. The second-order valence-corrected chi connectivity index (χ2v) is 5.34. The predicted octanol–water partition coefficient (Wildman–Crippen LogP) is 2.99. The van der Waals surface area contributed by atoms with Crippen LogP contribution in [0.3, 0.4) is 0 Å². The highest BCUT2D eigenvalue weighted by molar-refractivity contribution is 5.09. The quantitative estimate of drug-likeness (QED) is 0.557. The monoisotopic (exact) mass is 180 g/mol. The zero-order valence-electron chi connectivity index (χ0n) is 8.59. The van der Waals surface area contributed by atoms with Gasteiger partial charge in [0.15, 0.2) is 0 Å². The molecule has 0 amide bonds. The van der Waals surface area contributed by atoms with Gasteiger partial charge in [-0.2, -0.15) is 0 Å². The second kappa shape index (κ2) is 2.73. The van der Waals surface area contributed by atoms with Gasteiger partial charge in [-0.25, -0.2) is 0 Å². The Balaban J connectivity index is 1.82. The first kappa shape index (κ1) is 8.28. The summed E-state index contributed by atoms with van der Waals surface area (Å²) in [6.07, 6.45) is 8.62. The Morgan fingerprint density at radius 2 is 1.69 bits per heavy atom. The molecule has 0 radical (unpaired) electrons. The Hall–Kier alpha value is -0.0400. The van der Waals surface area contributed by atoms with Crippen LogP contribution in [0.2, 0.25) is 0 Å². The number of rotatable bonds is 0. The molecule has 0 aromatic carbocycles. The summed E-state index contributed by atoms with van der Waals surface area (Å²) in [5, 5.41) is 0. The Kier molecular flexibility index (Phi) is 1.74. The van der Waals surface area contributed by atoms with Crippen LogP contribution >= 0.6 is 0 Å². The van der Waals surface area contributed by atoms with Crippen molar-refractivity contribution in [2.45, 2.75) is 51.0 Å². The van der Waals surface area contributed by atoms with Crippen molar-refractivity contribution in [1.29, 1.82) is 0 Å². The SMILES string of the molecule is C[C@@]12OCCC[C@H]1[C@H]1CCCC[C@H]12. The normalized spacial score (nSPS) is 54.7. The molecule has 0 bridgehead atoms. The molecule has 1 heteroatoms. The average molecular weight is 180 g/mol. The molecule has 3 fully saturated rings. The molecule has 1 aliphatic heterocycles. The van der Waals surface area contributed by atoms with E-state index in [0.29, 0.717) is 5.60 Å². The largest absolute Gasteiger partial charge is 0.375 e. The first-order valence-electron chi connectivity index (χ1n) is 5.96. The summed E-state index contributed by atoms with van der Waals surface area (Å²) >= 11 is 0. The van der Waals surface area contributed by atoms with Crippen molar-refractivity contribution in [2.24, 2.45) is 17.8 Å². The molecule has 74 valence electrons. The lowest BCUT2D eigenvalue weighted by molar-refractivity contribution is -0.254. The van der Waals surface area contributed by atoms with Gasteiger partial charge in [0.1, 0.15) is 0 Å². The fourth-order valence-corrected chi connectivity index (χ4v) is 4.24. The van der Waals surface area contributed by atoms with Crippen LogP contribution in [0.25, 0.3) is 0 Å². The second-order valence-electron chi connectivity index (χ2n) is 5.34. The third-order valence-corrected chi connectivity index (χ3v) is 4.88. The standard InChI is InChI=1S/C12H20O/c1-12-10-6-3-2-5-9(10)11(12)7-4-8-13-12/h9-11H,2-8H2,1H3/t9-,10+,11-,12-/m0/s1. The number of hydrogen-bond acceptors (Lipinski definition) is 1. The van der Waals surface area contributed by atoms with E-state index >= 15 is 0 Å². The first-order valence-corrected chi connectivity index (χ1v) is 5.96. The van der Waals surface area contributed by atoms with Gasteiger partial charge in [0, 0.05) is 6.61 Å². The first-order chi connectivity index (χ1) is 6.32. The van der Waals surface area contributed by atoms with Crippen LogP contribution in [0.4, 0.5) is 0 Å². The maximum absolute atomic E-state index is 6.03. The smallest absolute Gasteiger partial charge is 0.0716 e. The molecule has 4 atom stereocenters. The highest BCUT2D eigenvalue weighted by Gasteiger charge is 2.60. The Bertz CT molecular complexity index is 199. The summed E-state index contributed by atoms with van der Waals surface area (Å²) in [7, 11) is 0. The van der Waals surface area contributed by atoms with E-state index < -0.39 is 0 Å². The topological polar surface area (TPSA) is 9.23 Å². The summed E-state index contributed by atoms with van der Waals surface area (Å²) in [4.78, 5) is 0. The summed E-state index contributed by atoms with van der Waals surface area (Å²) in [6, 6.07) is 0. The van der Waals surface area contributed by atoms with Gasteiger partial charge >= 0.3 is 0 Å². The molecule has 0 N–H and O–H groups in total. The molecule has 13 heavy (non-hydrogen) atoms. The molecule has 1 saturated heterocycles. The average Bonchev–Trinajstić information content (AvgIpc) is 2.17. The van der Waals surface area contributed by atoms with E-state index in [9.17, 15) is 0 Å². The lowest BCUT2D eigenvalue weighted by Crippen LogP contribution is -2.64. The van der Waals surface area contributed by atoms with Crippen molar-refractivity contribution in [3.05, 3.63) is 0 Å². The third kappa shape index (κ3) is 0.971. The molecule has 2 aliphatic carbocycles. The molecular formula is C12H20O. The van der Waals surface area contributed by atoms with E-state index in [-0.39, 0.29) is 0 Å². The maximum Gasteiger partial charge on any atom is 0.0716 e. The summed E-state index contributed by atoms with van der Waals surface area (Å²) in [5.41, 5.74) is 0.309. The van der Waals surface area contributed by atoms with E-state index in [4.69, 9.17) is 4.74 Å². The van der Waals surface area contributed by atoms with Gasteiger partial charge in [-0.3, -0.25) is 0 Å². The minimum Gasteiger partial charge on any atom is -0.375 e. The van der Waals surface area contributed by atoms with Crippen molar-refractivity contribution in [3.63, 3.8) is 0 Å². The van der Waals surface area contributed by atoms with Gasteiger partial charge in [-0.15, -0.1) is 0 Å². The summed E-state index contributed by atoms with van der Waals surface area (Å²) < 4.78 is 6.03. The number of hydrogen-bond donors (Lipinski definition) is 0. The molecule has 0 aromatic heterocycles. The van der Waals surface area contributed by atoms with Crippen LogP contribution < -0.4 is 0 Å². The van der Waals surface area contributed by atoms with Crippen LogP contribution in [0.1, 0.15) is 45.4 Å². The molecule has 0 spiro atoms. The highest BCUT2D eigenvalue weighted by Crippen LogP contribution is 2.60. The highest BCUT2D eigenvalue weighted by atomic mass is 16.5. The van der Waals surface area contributed by atoms with E-state index in [1.54, 1.807) is 0 Å². The molecule has 1 heterocycles. The van der Waals surface area contributed by atoms with Crippen LogP contribution in [-0.2, 0) is 4.74 Å². The van der Waals surface area contributed by atoms with Gasteiger partial charge in [-0.05, 0) is 50.4 Å². The maximum atomic E-state index is 6.03. The van der Waals surface area contributed by atoms with E-state index in [2.05, 4.69) is 6.92 Å². The lowest BCUT2D eigenvalue weighted by atomic mass is 9.48. The molecule has 0 unspecified atom stereocenters. The summed E-state index contributed by atoms with van der Waals surface area (Å²) in [6.45, 7) is 3.40. The number of ether oxygens (including phenoxy) is 1. The molecule has 2 saturated carbocycles. The Labute approximate surface area is 80.8 Å². The minimum absolute atomic E-state index is 0.309. The van der Waals surface area contributed by atoms with E-state index in [1.807, 2.05) is 0 Å². The van der Waals surface area contributed by atoms with Crippen molar-refractivity contribution >= 4 is 0 Å². The van der Waals surface area contributed by atoms with Crippen molar-refractivity contribution in [2.75, 3.05) is 6.61 Å². The fraction of sp³-hybridized carbons (Fsp3) is 1.00. The Morgan fingerprint density at radius 1 is 1.00 bits per heavy atom. The van der Waals surface area contributed by atoms with Crippen LogP contribution in [0.5, 0.6) is 0 Å². The van der Waals surface area contributed by atoms with Crippen molar-refractivity contribution < 1.29 is 4.74 Å². The van der Waals surface area contributed by atoms with E-state index in [1.165, 1.54) is 38.5 Å². The predicted molar refractivity (Wildman–Crippen MR) is 52.5 cm³/mol. The van der Waals surface area contributed by atoms with Gasteiger partial charge < -0.3 is 4.74 Å². The fourth-order valence-electron chi connectivity index (χ4n) is 4.24. The van der Waals surface area contributed by atoms with Gasteiger partial charge in [-0.1, -0.05) is 12.8 Å².